The third-order valence-corrected chi connectivity index (χ3v) is 5.95. The fourth-order valence-corrected chi connectivity index (χ4v) is 4.26. The van der Waals surface area contributed by atoms with Crippen LogP contribution in [-0.2, 0) is 13.0 Å². The van der Waals surface area contributed by atoms with Crippen LogP contribution < -0.4 is 16.0 Å². The van der Waals surface area contributed by atoms with Crippen LogP contribution in [0.5, 0.6) is 0 Å². The zero-order valence-electron chi connectivity index (χ0n) is 18.0. The van der Waals surface area contributed by atoms with Crippen LogP contribution in [-0.4, -0.2) is 50.6 Å². The van der Waals surface area contributed by atoms with Crippen LogP contribution in [0.3, 0.4) is 0 Å². The third-order valence-electron chi connectivity index (χ3n) is 5.95. The highest BCUT2D eigenvalue weighted by atomic mass is 15.3. The van der Waals surface area contributed by atoms with Gasteiger partial charge in [-0.15, -0.1) is 0 Å². The Bertz CT molecular complexity index is 1200. The number of hydrogen-bond donors (Lipinski definition) is 2. The zero-order valence-corrected chi connectivity index (χ0v) is 18.0. The number of anilines is 2. The van der Waals surface area contributed by atoms with E-state index in [4.69, 9.17) is 15.8 Å². The number of aryl methyl sites for hydroxylation is 2. The number of piperazine rings is 1. The Morgan fingerprint density at radius 2 is 1.87 bits per heavy atom. The largest absolute Gasteiger partial charge is 0.396 e. The number of nitrogen functional groups attached to an aromatic ring is 1. The number of nitrogens with one attached hydrogen (secondary N) is 1. The summed E-state index contributed by atoms with van der Waals surface area (Å²) in [5.41, 5.74) is 13.2. The summed E-state index contributed by atoms with van der Waals surface area (Å²) < 4.78 is 3.85. The van der Waals surface area contributed by atoms with Gasteiger partial charge in [0.1, 0.15) is 5.82 Å². The molecule has 0 amide bonds. The van der Waals surface area contributed by atoms with E-state index in [1.54, 1.807) is 6.20 Å². The van der Waals surface area contributed by atoms with Crippen molar-refractivity contribution < 1.29 is 0 Å². The fourth-order valence-electron chi connectivity index (χ4n) is 4.26. The highest BCUT2D eigenvalue weighted by Crippen LogP contribution is 2.34. The lowest BCUT2D eigenvalue weighted by Gasteiger charge is -2.28. The molecule has 0 saturated carbocycles. The number of nitrogens with two attached hydrogens (primary N) is 1. The number of nitrogens with zero attached hydrogens (tertiary/aromatic N) is 6. The lowest BCUT2D eigenvalue weighted by atomic mass is 10.0. The Kier molecular flexibility index (Phi) is 5.07. The number of fused-ring (bicyclic) bond motifs is 1. The average molecular weight is 417 g/mol. The van der Waals surface area contributed by atoms with Crippen LogP contribution in [0.1, 0.15) is 19.5 Å². The summed E-state index contributed by atoms with van der Waals surface area (Å²) in [6.45, 7) is 9.01. The van der Waals surface area contributed by atoms with Crippen molar-refractivity contribution >= 4 is 17.0 Å². The topological polar surface area (TPSA) is 89.3 Å². The Morgan fingerprint density at radius 1 is 1.03 bits per heavy atom. The van der Waals surface area contributed by atoms with Crippen LogP contribution in [0, 0.1) is 0 Å². The molecular formula is C23H28N8. The molecule has 160 valence electrons. The molecule has 5 heterocycles. The van der Waals surface area contributed by atoms with Gasteiger partial charge in [0.2, 0.25) is 0 Å². The molecule has 8 heteroatoms. The van der Waals surface area contributed by atoms with Crippen molar-refractivity contribution in [2.45, 2.75) is 26.8 Å². The molecule has 0 radical (unpaired) electrons. The summed E-state index contributed by atoms with van der Waals surface area (Å²) in [7, 11) is 0. The second-order valence-corrected chi connectivity index (χ2v) is 7.88. The minimum absolute atomic E-state index is 0.660. The number of pyridine rings is 2. The molecule has 4 aromatic rings. The Morgan fingerprint density at radius 3 is 2.58 bits per heavy atom. The first-order chi connectivity index (χ1) is 15.2. The van der Waals surface area contributed by atoms with Crippen LogP contribution >= 0.6 is 0 Å². The van der Waals surface area contributed by atoms with E-state index in [0.717, 1.165) is 78.4 Å². The minimum Gasteiger partial charge on any atom is -0.396 e. The molecule has 0 aromatic carbocycles. The van der Waals surface area contributed by atoms with Crippen LogP contribution in [0.25, 0.3) is 27.8 Å². The van der Waals surface area contributed by atoms with E-state index in [1.165, 1.54) is 0 Å². The van der Waals surface area contributed by atoms with Gasteiger partial charge in [0, 0.05) is 73.6 Å². The van der Waals surface area contributed by atoms with E-state index in [2.05, 4.69) is 53.6 Å². The SMILES string of the molecule is CCc1nn(CC)cc1-c1cc(-c2ccc(N3CCNCC3)nc2)c2c(N)cnn2c1. The normalized spacial score (nSPS) is 14.5. The summed E-state index contributed by atoms with van der Waals surface area (Å²) in [5.74, 6) is 1.01. The standard InChI is InChI=1S/C23H28N8/c1-3-21-19(15-30(4-2)28-21)17-11-18(23-20(24)13-27-31(23)14-17)16-5-6-22(26-12-16)29-9-7-25-8-10-29/h5-6,11-15,25H,3-4,7-10,24H2,1-2H3. The second kappa shape index (κ2) is 8.03. The van der Waals surface area contributed by atoms with Gasteiger partial charge < -0.3 is 16.0 Å². The van der Waals surface area contributed by atoms with Gasteiger partial charge in [-0.05, 0) is 31.5 Å². The average Bonchev–Trinajstić information content (AvgIpc) is 3.42. The van der Waals surface area contributed by atoms with Gasteiger partial charge in [-0.3, -0.25) is 4.68 Å². The molecule has 1 saturated heterocycles. The molecule has 8 nitrogen and oxygen atoms in total. The molecule has 31 heavy (non-hydrogen) atoms. The van der Waals surface area contributed by atoms with Crippen LogP contribution in [0.4, 0.5) is 11.5 Å². The molecule has 4 aromatic heterocycles. The van der Waals surface area contributed by atoms with Gasteiger partial charge in [0.15, 0.2) is 0 Å². The Labute approximate surface area is 181 Å². The van der Waals surface area contributed by atoms with Crippen LogP contribution in [0.15, 0.2) is 43.0 Å². The van der Waals surface area contributed by atoms with E-state index in [-0.39, 0.29) is 0 Å². The van der Waals surface area contributed by atoms with Gasteiger partial charge >= 0.3 is 0 Å². The quantitative estimate of drug-likeness (QED) is 0.520. The van der Waals surface area contributed by atoms with Gasteiger partial charge in [-0.25, -0.2) is 9.50 Å². The maximum atomic E-state index is 6.30. The maximum Gasteiger partial charge on any atom is 0.128 e. The molecule has 0 unspecified atom stereocenters. The van der Waals surface area contributed by atoms with Crippen molar-refractivity contribution in [2.24, 2.45) is 0 Å². The van der Waals surface area contributed by atoms with Crippen molar-refractivity contribution in [1.82, 2.24) is 29.7 Å². The number of aromatic nitrogens is 5. The first-order valence-electron chi connectivity index (χ1n) is 10.9. The van der Waals surface area contributed by atoms with Crippen molar-refractivity contribution in [3.05, 3.63) is 48.7 Å². The molecule has 1 aliphatic heterocycles. The molecular weight excluding hydrogens is 388 g/mol. The molecule has 3 N–H and O–H groups in total. The second-order valence-electron chi connectivity index (χ2n) is 7.88. The fraction of sp³-hybridized carbons (Fsp3) is 0.348. The molecule has 5 rings (SSSR count). The Hall–Kier alpha value is -3.39. The molecule has 0 bridgehead atoms. The smallest absolute Gasteiger partial charge is 0.128 e. The maximum absolute atomic E-state index is 6.30. The summed E-state index contributed by atoms with van der Waals surface area (Å²) in [5, 5.41) is 12.6. The molecule has 0 atom stereocenters. The van der Waals surface area contributed by atoms with Crippen molar-refractivity contribution in [2.75, 3.05) is 36.8 Å². The molecule has 0 aliphatic carbocycles. The van der Waals surface area contributed by atoms with Gasteiger partial charge in [0.25, 0.3) is 0 Å². The predicted molar refractivity (Wildman–Crippen MR) is 124 cm³/mol. The summed E-state index contributed by atoms with van der Waals surface area (Å²) in [4.78, 5) is 7.08. The highest BCUT2D eigenvalue weighted by molar-refractivity contribution is 5.91. The lowest BCUT2D eigenvalue weighted by Crippen LogP contribution is -2.43. The lowest BCUT2D eigenvalue weighted by molar-refractivity contribution is 0.585. The predicted octanol–water partition coefficient (Wildman–Crippen LogP) is 2.83. The van der Waals surface area contributed by atoms with Gasteiger partial charge in [-0.1, -0.05) is 6.92 Å². The van der Waals surface area contributed by atoms with E-state index in [9.17, 15) is 0 Å². The van der Waals surface area contributed by atoms with Crippen molar-refractivity contribution in [1.29, 1.82) is 0 Å². The first kappa shape index (κ1) is 19.6. The van der Waals surface area contributed by atoms with Gasteiger partial charge in [-0.2, -0.15) is 10.2 Å². The Balaban J connectivity index is 1.61. The first-order valence-corrected chi connectivity index (χ1v) is 10.9. The van der Waals surface area contributed by atoms with E-state index in [1.807, 2.05) is 21.6 Å². The summed E-state index contributed by atoms with van der Waals surface area (Å²) >= 11 is 0. The van der Waals surface area contributed by atoms with Gasteiger partial charge in [0.05, 0.1) is 23.1 Å². The van der Waals surface area contributed by atoms with Crippen molar-refractivity contribution in [3.63, 3.8) is 0 Å². The van der Waals surface area contributed by atoms with Crippen LogP contribution in [0.2, 0.25) is 0 Å². The van der Waals surface area contributed by atoms with E-state index < -0.39 is 0 Å². The molecule has 1 fully saturated rings. The summed E-state index contributed by atoms with van der Waals surface area (Å²) in [6, 6.07) is 6.42. The number of rotatable bonds is 5. The minimum atomic E-state index is 0.660. The highest BCUT2D eigenvalue weighted by Gasteiger charge is 2.17. The summed E-state index contributed by atoms with van der Waals surface area (Å²) in [6.07, 6.45) is 8.68. The van der Waals surface area contributed by atoms with E-state index in [0.29, 0.717) is 5.69 Å². The third kappa shape index (κ3) is 3.53. The monoisotopic (exact) mass is 416 g/mol. The number of hydrogen-bond acceptors (Lipinski definition) is 6. The van der Waals surface area contributed by atoms with E-state index >= 15 is 0 Å². The van der Waals surface area contributed by atoms with Crippen molar-refractivity contribution in [3.8, 4) is 22.3 Å². The molecule has 1 aliphatic rings. The zero-order chi connectivity index (χ0) is 21.4. The molecule has 0 spiro atoms.